The lowest BCUT2D eigenvalue weighted by Gasteiger charge is -2.06. The monoisotopic (exact) mass is 256 g/mol. The van der Waals surface area contributed by atoms with E-state index in [9.17, 15) is 0 Å². The third-order valence-corrected chi connectivity index (χ3v) is 4.53. The Labute approximate surface area is 112 Å². The summed E-state index contributed by atoms with van der Waals surface area (Å²) in [6.45, 7) is 0. The van der Waals surface area contributed by atoms with Crippen LogP contribution in [-0.4, -0.2) is 4.98 Å². The number of nitrogen functional groups attached to an aromatic ring is 1. The van der Waals surface area contributed by atoms with Crippen molar-refractivity contribution < 1.29 is 0 Å². The number of rotatable bonds is 3. The third-order valence-electron chi connectivity index (χ3n) is 3.37. The summed E-state index contributed by atoms with van der Waals surface area (Å²) < 4.78 is 0. The fourth-order valence-corrected chi connectivity index (χ4v) is 3.28. The number of nitrogens with zero attached hydrogens (tertiary/aromatic N) is 1. The van der Waals surface area contributed by atoms with Gasteiger partial charge in [0, 0.05) is 16.8 Å². The molecule has 2 N–H and O–H groups in total. The molecule has 0 fully saturated rings. The summed E-state index contributed by atoms with van der Waals surface area (Å²) in [4.78, 5) is 5.13. The highest BCUT2D eigenvalue weighted by atomic mass is 32.2. The molecule has 3 rings (SSSR count). The lowest BCUT2D eigenvalue weighted by molar-refractivity contribution is 0.911. The normalized spacial score (nSPS) is 13.6. The van der Waals surface area contributed by atoms with Crippen LogP contribution in [0.4, 0.5) is 5.69 Å². The fourth-order valence-electron chi connectivity index (χ4n) is 2.40. The minimum Gasteiger partial charge on any atom is -0.397 e. The molecule has 0 bridgehead atoms. The zero-order chi connectivity index (χ0) is 12.4. The van der Waals surface area contributed by atoms with Gasteiger partial charge in [0.15, 0.2) is 0 Å². The van der Waals surface area contributed by atoms with Crippen molar-refractivity contribution >= 4 is 17.4 Å². The van der Waals surface area contributed by atoms with Gasteiger partial charge in [-0.3, -0.25) is 4.98 Å². The molecule has 0 radical (unpaired) electrons. The predicted molar refractivity (Wildman–Crippen MR) is 76.7 cm³/mol. The van der Waals surface area contributed by atoms with Gasteiger partial charge in [-0.15, -0.1) is 11.8 Å². The molecule has 2 nitrogen and oxygen atoms in total. The van der Waals surface area contributed by atoms with Crippen molar-refractivity contribution in [3.05, 3.63) is 53.3 Å². The Bertz CT molecular complexity index is 566. The van der Waals surface area contributed by atoms with Gasteiger partial charge in [0.2, 0.25) is 0 Å². The van der Waals surface area contributed by atoms with E-state index in [1.807, 2.05) is 6.07 Å². The molecule has 0 unspecified atom stereocenters. The van der Waals surface area contributed by atoms with E-state index in [1.54, 1.807) is 24.2 Å². The second-order valence-corrected chi connectivity index (χ2v) is 5.68. The van der Waals surface area contributed by atoms with Gasteiger partial charge in [-0.2, -0.15) is 0 Å². The molecule has 1 heterocycles. The van der Waals surface area contributed by atoms with Crippen molar-refractivity contribution in [3.63, 3.8) is 0 Å². The van der Waals surface area contributed by atoms with Crippen LogP contribution < -0.4 is 5.73 Å². The Morgan fingerprint density at radius 1 is 1.17 bits per heavy atom. The van der Waals surface area contributed by atoms with E-state index < -0.39 is 0 Å². The Hall–Kier alpha value is -1.48. The number of pyridine rings is 1. The van der Waals surface area contributed by atoms with Crippen molar-refractivity contribution in [2.24, 2.45) is 0 Å². The second-order valence-electron chi connectivity index (χ2n) is 4.66. The molecule has 0 saturated heterocycles. The number of nitrogens with two attached hydrogens (primary N) is 1. The van der Waals surface area contributed by atoms with Crippen molar-refractivity contribution in [2.75, 3.05) is 5.73 Å². The van der Waals surface area contributed by atoms with Crippen LogP contribution in [0, 0.1) is 0 Å². The molecule has 0 aliphatic heterocycles. The number of aryl methyl sites for hydroxylation is 2. The van der Waals surface area contributed by atoms with Crippen molar-refractivity contribution in [2.45, 2.75) is 29.9 Å². The molecule has 92 valence electrons. The van der Waals surface area contributed by atoms with Gasteiger partial charge in [-0.1, -0.05) is 18.2 Å². The Morgan fingerprint density at radius 3 is 2.94 bits per heavy atom. The largest absolute Gasteiger partial charge is 0.397 e. The Morgan fingerprint density at radius 2 is 2.06 bits per heavy atom. The summed E-state index contributed by atoms with van der Waals surface area (Å²) in [6, 6.07) is 8.86. The van der Waals surface area contributed by atoms with Crippen LogP contribution in [0.1, 0.15) is 23.1 Å². The molecule has 0 saturated carbocycles. The van der Waals surface area contributed by atoms with Crippen molar-refractivity contribution in [1.82, 2.24) is 4.98 Å². The van der Waals surface area contributed by atoms with Crippen LogP contribution in [0.25, 0.3) is 0 Å². The summed E-state index contributed by atoms with van der Waals surface area (Å²) >= 11 is 1.78. The van der Waals surface area contributed by atoms with Gasteiger partial charge < -0.3 is 5.73 Å². The first kappa shape index (κ1) is 11.6. The number of thioether (sulfide) groups is 1. The second kappa shape index (κ2) is 5.02. The number of aromatic nitrogens is 1. The van der Waals surface area contributed by atoms with Gasteiger partial charge in [0.25, 0.3) is 0 Å². The first-order valence-electron chi connectivity index (χ1n) is 6.26. The minimum atomic E-state index is 0.767. The van der Waals surface area contributed by atoms with Gasteiger partial charge in [0.1, 0.15) is 0 Å². The highest BCUT2D eigenvalue weighted by Gasteiger charge is 2.10. The molecular formula is C15H16N2S. The van der Waals surface area contributed by atoms with E-state index in [1.165, 1.54) is 36.0 Å². The number of benzene rings is 1. The fraction of sp³-hybridized carbons (Fsp3) is 0.267. The third kappa shape index (κ3) is 2.36. The molecule has 1 aromatic carbocycles. The average molecular weight is 256 g/mol. The molecule has 3 heteroatoms. The minimum absolute atomic E-state index is 0.767. The Balaban J connectivity index is 1.72. The lowest BCUT2D eigenvalue weighted by Crippen LogP contribution is -1.91. The molecule has 1 aliphatic rings. The summed E-state index contributed by atoms with van der Waals surface area (Å²) in [6.07, 6.45) is 7.31. The lowest BCUT2D eigenvalue weighted by atomic mass is 10.1. The summed E-state index contributed by atoms with van der Waals surface area (Å²) in [5, 5.41) is 0. The van der Waals surface area contributed by atoms with Crippen LogP contribution in [-0.2, 0) is 18.6 Å². The Kier molecular flexibility index (Phi) is 3.24. The van der Waals surface area contributed by atoms with E-state index >= 15 is 0 Å². The number of hydrogen-bond acceptors (Lipinski definition) is 3. The van der Waals surface area contributed by atoms with Crippen LogP contribution in [0.2, 0.25) is 0 Å². The zero-order valence-corrected chi connectivity index (χ0v) is 11.0. The maximum absolute atomic E-state index is 5.89. The first-order valence-corrected chi connectivity index (χ1v) is 7.24. The van der Waals surface area contributed by atoms with Crippen LogP contribution >= 0.6 is 11.8 Å². The molecule has 0 amide bonds. The van der Waals surface area contributed by atoms with E-state index in [0.29, 0.717) is 0 Å². The molecular weight excluding hydrogens is 240 g/mol. The number of fused-ring (bicyclic) bond motifs is 1. The highest BCUT2D eigenvalue weighted by Crippen LogP contribution is 2.29. The molecule has 0 spiro atoms. The zero-order valence-electron chi connectivity index (χ0n) is 10.2. The van der Waals surface area contributed by atoms with Crippen LogP contribution in [0.15, 0.2) is 41.6 Å². The summed E-state index contributed by atoms with van der Waals surface area (Å²) in [5.74, 6) is 0.974. The quantitative estimate of drug-likeness (QED) is 0.855. The van der Waals surface area contributed by atoms with E-state index in [4.69, 9.17) is 5.73 Å². The van der Waals surface area contributed by atoms with E-state index in [2.05, 4.69) is 23.2 Å². The standard InChI is InChI=1S/C15H16N2S/c16-14-9-17-7-6-15(14)18-10-11-4-5-12-2-1-3-13(12)8-11/h4-9H,1-3,10,16H2. The number of hydrogen-bond donors (Lipinski definition) is 1. The van der Waals surface area contributed by atoms with Crippen LogP contribution in [0.3, 0.4) is 0 Å². The van der Waals surface area contributed by atoms with Crippen molar-refractivity contribution in [1.29, 1.82) is 0 Å². The van der Waals surface area contributed by atoms with Crippen molar-refractivity contribution in [3.8, 4) is 0 Å². The SMILES string of the molecule is Nc1cnccc1SCc1ccc2c(c1)CCC2. The van der Waals surface area contributed by atoms with Gasteiger partial charge >= 0.3 is 0 Å². The smallest absolute Gasteiger partial charge is 0.0638 e. The summed E-state index contributed by atoms with van der Waals surface area (Å²) in [5.41, 5.74) is 11.1. The van der Waals surface area contributed by atoms with Gasteiger partial charge in [0.05, 0.1) is 11.9 Å². The molecule has 18 heavy (non-hydrogen) atoms. The maximum Gasteiger partial charge on any atom is 0.0638 e. The first-order chi connectivity index (χ1) is 8.83. The molecule has 1 aromatic heterocycles. The molecule has 0 atom stereocenters. The van der Waals surface area contributed by atoms with Crippen LogP contribution in [0.5, 0.6) is 0 Å². The topological polar surface area (TPSA) is 38.9 Å². The van der Waals surface area contributed by atoms with Gasteiger partial charge in [-0.25, -0.2) is 0 Å². The van der Waals surface area contributed by atoms with E-state index in [0.717, 1.165) is 16.3 Å². The van der Waals surface area contributed by atoms with Gasteiger partial charge in [-0.05, 0) is 42.0 Å². The maximum atomic E-state index is 5.89. The number of anilines is 1. The highest BCUT2D eigenvalue weighted by molar-refractivity contribution is 7.98. The molecule has 1 aliphatic carbocycles. The molecule has 2 aromatic rings. The van der Waals surface area contributed by atoms with E-state index in [-0.39, 0.29) is 0 Å². The average Bonchev–Trinajstić information content (AvgIpc) is 2.85. The summed E-state index contributed by atoms with van der Waals surface area (Å²) in [7, 11) is 0. The predicted octanol–water partition coefficient (Wildman–Crippen LogP) is 3.44.